The summed E-state index contributed by atoms with van der Waals surface area (Å²) in [6, 6.07) is 2.58. The Morgan fingerprint density at radius 2 is 2.26 bits per heavy atom. The summed E-state index contributed by atoms with van der Waals surface area (Å²) in [5.41, 5.74) is 0. The van der Waals surface area contributed by atoms with Gasteiger partial charge in [0.25, 0.3) is 0 Å². The molecular formula is C14H25N5. The van der Waals surface area contributed by atoms with Gasteiger partial charge in [-0.3, -0.25) is 0 Å². The van der Waals surface area contributed by atoms with Crippen molar-refractivity contribution < 1.29 is 0 Å². The normalized spacial score (nSPS) is 19.9. The Morgan fingerprint density at radius 1 is 1.42 bits per heavy atom. The highest BCUT2D eigenvalue weighted by Gasteiger charge is 2.23. The topological polar surface area (TPSA) is 53.1 Å². The molecule has 1 fully saturated rings. The second kappa shape index (κ2) is 6.70. The summed E-state index contributed by atoms with van der Waals surface area (Å²) in [6.45, 7) is 10.8. The summed E-state index contributed by atoms with van der Waals surface area (Å²) in [5.74, 6) is 2.33. The predicted molar refractivity (Wildman–Crippen MR) is 79.5 cm³/mol. The van der Waals surface area contributed by atoms with Crippen LogP contribution in [0.25, 0.3) is 0 Å². The lowest BCUT2D eigenvalue weighted by Gasteiger charge is -2.20. The first-order valence-electron chi connectivity index (χ1n) is 7.24. The van der Waals surface area contributed by atoms with E-state index in [4.69, 9.17) is 0 Å². The number of hydrogen-bond donors (Lipinski definition) is 2. The Hall–Kier alpha value is -1.36. The van der Waals surface area contributed by atoms with Gasteiger partial charge in [0.05, 0.1) is 0 Å². The lowest BCUT2D eigenvalue weighted by Crippen LogP contribution is -2.29. The molecule has 1 saturated heterocycles. The standard InChI is InChI=1S/C14H25N5/c1-4-15-14-16-7-5-13(18-14)17-9-12-6-8-19(10-12)11(2)3/h5,7,11-12H,4,6,8-10H2,1-3H3,(H2,15,16,17,18). The van der Waals surface area contributed by atoms with Crippen LogP contribution in [0.1, 0.15) is 27.2 Å². The fourth-order valence-electron chi connectivity index (χ4n) is 2.45. The molecule has 0 aliphatic carbocycles. The van der Waals surface area contributed by atoms with Crippen molar-refractivity contribution >= 4 is 11.8 Å². The van der Waals surface area contributed by atoms with Crippen LogP contribution >= 0.6 is 0 Å². The van der Waals surface area contributed by atoms with Crippen molar-refractivity contribution in [2.24, 2.45) is 5.92 Å². The summed E-state index contributed by atoms with van der Waals surface area (Å²) < 4.78 is 0. The van der Waals surface area contributed by atoms with E-state index in [-0.39, 0.29) is 0 Å². The van der Waals surface area contributed by atoms with E-state index in [2.05, 4.69) is 39.3 Å². The molecule has 106 valence electrons. The molecule has 1 aromatic heterocycles. The highest BCUT2D eigenvalue weighted by atomic mass is 15.2. The third kappa shape index (κ3) is 4.06. The van der Waals surface area contributed by atoms with Crippen LogP contribution in [0.15, 0.2) is 12.3 Å². The number of anilines is 2. The average molecular weight is 263 g/mol. The van der Waals surface area contributed by atoms with Crippen molar-refractivity contribution in [2.75, 3.05) is 36.8 Å². The summed E-state index contributed by atoms with van der Waals surface area (Å²) in [7, 11) is 0. The van der Waals surface area contributed by atoms with Crippen LogP contribution in [0.2, 0.25) is 0 Å². The number of likely N-dealkylation sites (tertiary alicyclic amines) is 1. The van der Waals surface area contributed by atoms with Gasteiger partial charge in [-0.1, -0.05) is 0 Å². The predicted octanol–water partition coefficient (Wildman–Crippen LogP) is 2.05. The van der Waals surface area contributed by atoms with Gasteiger partial charge in [-0.2, -0.15) is 4.98 Å². The first-order chi connectivity index (χ1) is 9.19. The molecule has 0 spiro atoms. The average Bonchev–Trinajstić information content (AvgIpc) is 2.86. The number of aromatic nitrogens is 2. The maximum atomic E-state index is 4.43. The molecule has 19 heavy (non-hydrogen) atoms. The molecule has 5 nitrogen and oxygen atoms in total. The Kier molecular flexibility index (Phi) is 4.96. The molecule has 0 amide bonds. The quantitative estimate of drug-likeness (QED) is 0.822. The third-order valence-corrected chi connectivity index (χ3v) is 3.61. The highest BCUT2D eigenvalue weighted by Crippen LogP contribution is 2.19. The van der Waals surface area contributed by atoms with Crippen LogP contribution in [0, 0.1) is 5.92 Å². The van der Waals surface area contributed by atoms with Crippen LogP contribution in [0.5, 0.6) is 0 Å². The largest absolute Gasteiger partial charge is 0.370 e. The first-order valence-corrected chi connectivity index (χ1v) is 7.24. The summed E-state index contributed by atoms with van der Waals surface area (Å²) >= 11 is 0. The zero-order chi connectivity index (χ0) is 13.7. The molecule has 5 heteroatoms. The van der Waals surface area contributed by atoms with Gasteiger partial charge in [-0.15, -0.1) is 0 Å². The van der Waals surface area contributed by atoms with E-state index in [0.29, 0.717) is 12.0 Å². The van der Waals surface area contributed by atoms with E-state index in [1.165, 1.54) is 19.5 Å². The number of hydrogen-bond acceptors (Lipinski definition) is 5. The molecule has 0 radical (unpaired) electrons. The SMILES string of the molecule is CCNc1nccc(NCC2CCN(C(C)C)C2)n1. The second-order valence-corrected chi connectivity index (χ2v) is 5.42. The Balaban J connectivity index is 1.81. The van der Waals surface area contributed by atoms with Gasteiger partial charge in [0.1, 0.15) is 5.82 Å². The first kappa shape index (κ1) is 14.1. The molecule has 0 aromatic carbocycles. The van der Waals surface area contributed by atoms with Gasteiger partial charge in [-0.05, 0) is 45.7 Å². The molecule has 1 atom stereocenters. The van der Waals surface area contributed by atoms with E-state index in [9.17, 15) is 0 Å². The fourth-order valence-corrected chi connectivity index (χ4v) is 2.45. The van der Waals surface area contributed by atoms with Gasteiger partial charge in [0, 0.05) is 31.9 Å². The molecule has 2 N–H and O–H groups in total. The monoisotopic (exact) mass is 263 g/mol. The molecule has 0 saturated carbocycles. The smallest absolute Gasteiger partial charge is 0.224 e. The minimum absolute atomic E-state index is 0.657. The van der Waals surface area contributed by atoms with Crippen molar-refractivity contribution in [2.45, 2.75) is 33.2 Å². The maximum Gasteiger partial charge on any atom is 0.224 e. The number of nitrogens with one attached hydrogen (secondary N) is 2. The number of rotatable bonds is 6. The van der Waals surface area contributed by atoms with Crippen molar-refractivity contribution in [1.82, 2.24) is 14.9 Å². The zero-order valence-corrected chi connectivity index (χ0v) is 12.2. The molecule has 1 aromatic rings. The molecule has 0 bridgehead atoms. The zero-order valence-electron chi connectivity index (χ0n) is 12.2. The molecule has 1 aliphatic rings. The fraction of sp³-hybridized carbons (Fsp3) is 0.714. The Bertz CT molecular complexity index is 393. The van der Waals surface area contributed by atoms with Crippen LogP contribution in [-0.2, 0) is 0 Å². The van der Waals surface area contributed by atoms with Crippen LogP contribution < -0.4 is 10.6 Å². The molecule has 2 heterocycles. The van der Waals surface area contributed by atoms with Gasteiger partial charge in [0.2, 0.25) is 5.95 Å². The summed E-state index contributed by atoms with van der Waals surface area (Å²) in [4.78, 5) is 11.1. The van der Waals surface area contributed by atoms with Crippen LogP contribution in [0.3, 0.4) is 0 Å². The molecule has 1 unspecified atom stereocenters. The van der Waals surface area contributed by atoms with E-state index in [1.54, 1.807) is 6.20 Å². The molecule has 1 aliphatic heterocycles. The Labute approximate surface area is 115 Å². The number of nitrogens with zero attached hydrogens (tertiary/aromatic N) is 3. The van der Waals surface area contributed by atoms with Crippen molar-refractivity contribution in [3.8, 4) is 0 Å². The minimum atomic E-state index is 0.657. The maximum absolute atomic E-state index is 4.43. The molecular weight excluding hydrogens is 238 g/mol. The van der Waals surface area contributed by atoms with Crippen molar-refractivity contribution in [3.63, 3.8) is 0 Å². The lowest BCUT2D eigenvalue weighted by atomic mass is 10.1. The lowest BCUT2D eigenvalue weighted by molar-refractivity contribution is 0.266. The van der Waals surface area contributed by atoms with E-state index >= 15 is 0 Å². The summed E-state index contributed by atoms with van der Waals surface area (Å²) in [5, 5.41) is 6.55. The van der Waals surface area contributed by atoms with Crippen molar-refractivity contribution in [3.05, 3.63) is 12.3 Å². The molecule has 2 rings (SSSR count). The van der Waals surface area contributed by atoms with Crippen molar-refractivity contribution in [1.29, 1.82) is 0 Å². The van der Waals surface area contributed by atoms with Gasteiger partial charge in [-0.25, -0.2) is 4.98 Å². The van der Waals surface area contributed by atoms with E-state index in [0.717, 1.165) is 24.8 Å². The Morgan fingerprint density at radius 3 is 2.95 bits per heavy atom. The van der Waals surface area contributed by atoms with Crippen LogP contribution in [-0.4, -0.2) is 47.1 Å². The van der Waals surface area contributed by atoms with E-state index < -0.39 is 0 Å². The minimum Gasteiger partial charge on any atom is -0.370 e. The summed E-state index contributed by atoms with van der Waals surface area (Å²) in [6.07, 6.45) is 3.07. The van der Waals surface area contributed by atoms with E-state index in [1.807, 2.05) is 13.0 Å². The van der Waals surface area contributed by atoms with Gasteiger partial charge < -0.3 is 15.5 Å². The van der Waals surface area contributed by atoms with Gasteiger partial charge >= 0.3 is 0 Å². The third-order valence-electron chi connectivity index (χ3n) is 3.61. The van der Waals surface area contributed by atoms with Gasteiger partial charge in [0.15, 0.2) is 0 Å². The van der Waals surface area contributed by atoms with Crippen LogP contribution in [0.4, 0.5) is 11.8 Å². The highest BCUT2D eigenvalue weighted by molar-refractivity contribution is 5.39. The second-order valence-electron chi connectivity index (χ2n) is 5.42.